The predicted molar refractivity (Wildman–Crippen MR) is 113 cm³/mol. The number of hydrogen-bond acceptors (Lipinski definition) is 8. The first-order chi connectivity index (χ1) is 14.5. The van der Waals surface area contributed by atoms with Crippen molar-refractivity contribution in [2.45, 2.75) is 11.4 Å². The van der Waals surface area contributed by atoms with Crippen molar-refractivity contribution in [2.75, 3.05) is 40.4 Å². The number of furan rings is 1. The third-order valence-electron chi connectivity index (χ3n) is 5.01. The molecule has 1 aliphatic heterocycles. The number of rotatable bonds is 7. The molecule has 1 aromatic carbocycles. The van der Waals surface area contributed by atoms with Crippen molar-refractivity contribution >= 4 is 21.4 Å². The van der Waals surface area contributed by atoms with E-state index in [1.54, 1.807) is 29.7 Å². The maximum Gasteiger partial charge on any atom is 0.243 e. The molecule has 0 amide bonds. The lowest BCUT2D eigenvalue weighted by Gasteiger charge is -2.33. The zero-order valence-electron chi connectivity index (χ0n) is 16.8. The molecule has 1 fully saturated rings. The Labute approximate surface area is 179 Å². The van der Waals surface area contributed by atoms with Gasteiger partial charge in [-0.25, -0.2) is 13.4 Å². The molecule has 3 heterocycles. The van der Waals surface area contributed by atoms with Crippen molar-refractivity contribution < 1.29 is 22.3 Å². The zero-order chi connectivity index (χ0) is 21.1. The quantitative estimate of drug-likeness (QED) is 0.548. The first-order valence-corrected chi connectivity index (χ1v) is 11.8. The summed E-state index contributed by atoms with van der Waals surface area (Å²) in [6, 6.07) is 8.39. The summed E-state index contributed by atoms with van der Waals surface area (Å²) >= 11 is 1.58. The predicted octanol–water partition coefficient (Wildman–Crippen LogP) is 2.93. The number of piperazine rings is 1. The van der Waals surface area contributed by atoms with Crippen LogP contribution in [-0.4, -0.2) is 63.0 Å². The molecule has 1 saturated heterocycles. The Bertz CT molecular complexity index is 1090. The first kappa shape index (κ1) is 20.9. The van der Waals surface area contributed by atoms with Gasteiger partial charge in [0.1, 0.15) is 10.7 Å². The molecule has 3 aromatic rings. The summed E-state index contributed by atoms with van der Waals surface area (Å²) in [6.07, 6.45) is 1.63. The molecular weight excluding hydrogens is 426 g/mol. The van der Waals surface area contributed by atoms with Crippen LogP contribution in [0.15, 0.2) is 51.3 Å². The highest BCUT2D eigenvalue weighted by atomic mass is 32.2. The van der Waals surface area contributed by atoms with E-state index >= 15 is 0 Å². The van der Waals surface area contributed by atoms with Gasteiger partial charge >= 0.3 is 0 Å². The minimum absolute atomic E-state index is 0.205. The van der Waals surface area contributed by atoms with Gasteiger partial charge in [-0.1, -0.05) is 0 Å². The summed E-state index contributed by atoms with van der Waals surface area (Å²) in [5, 5.41) is 2.96. The van der Waals surface area contributed by atoms with E-state index in [2.05, 4.69) is 9.88 Å². The molecule has 2 aromatic heterocycles. The molecule has 0 unspecified atom stereocenters. The summed E-state index contributed by atoms with van der Waals surface area (Å²) in [5.74, 6) is 1.65. The van der Waals surface area contributed by atoms with Crippen LogP contribution < -0.4 is 9.47 Å². The van der Waals surface area contributed by atoms with Gasteiger partial charge in [-0.2, -0.15) is 4.31 Å². The lowest BCUT2D eigenvalue weighted by atomic mass is 10.3. The van der Waals surface area contributed by atoms with E-state index < -0.39 is 10.0 Å². The van der Waals surface area contributed by atoms with Crippen LogP contribution in [-0.2, 0) is 16.6 Å². The van der Waals surface area contributed by atoms with Crippen molar-refractivity contribution in [3.8, 4) is 23.0 Å². The summed E-state index contributed by atoms with van der Waals surface area (Å²) in [6.45, 7) is 2.82. The average molecular weight is 450 g/mol. The second kappa shape index (κ2) is 8.76. The fourth-order valence-electron chi connectivity index (χ4n) is 3.37. The molecule has 0 radical (unpaired) electrons. The zero-order valence-corrected chi connectivity index (χ0v) is 18.4. The maximum atomic E-state index is 13.0. The minimum atomic E-state index is -3.60. The van der Waals surface area contributed by atoms with E-state index in [0.717, 1.165) is 16.5 Å². The Hall–Kier alpha value is -2.40. The van der Waals surface area contributed by atoms with Crippen LogP contribution in [0.2, 0.25) is 0 Å². The van der Waals surface area contributed by atoms with Crippen LogP contribution in [0.25, 0.3) is 11.5 Å². The van der Waals surface area contributed by atoms with Crippen molar-refractivity contribution in [3.63, 3.8) is 0 Å². The third-order valence-corrected chi connectivity index (χ3v) is 7.74. The van der Waals surface area contributed by atoms with E-state index in [4.69, 9.17) is 13.9 Å². The second-order valence-corrected chi connectivity index (χ2v) is 9.68. The van der Waals surface area contributed by atoms with Crippen molar-refractivity contribution in [1.82, 2.24) is 14.2 Å². The largest absolute Gasteiger partial charge is 0.493 e. The number of hydrogen-bond donors (Lipinski definition) is 0. The standard InChI is InChI=1S/C20H23N3O5S2/c1-26-18-6-5-15(12-19(18)27-2)30(24,25)23-9-7-22(8-10-23)13-20-21-16(14-29-20)17-4-3-11-28-17/h3-6,11-12,14H,7-10,13H2,1-2H3. The maximum absolute atomic E-state index is 13.0. The Morgan fingerprint density at radius 2 is 1.87 bits per heavy atom. The van der Waals surface area contributed by atoms with Gasteiger partial charge in [0.05, 0.1) is 31.9 Å². The Balaban J connectivity index is 1.39. The molecule has 160 valence electrons. The molecular formula is C20H23N3O5S2. The van der Waals surface area contributed by atoms with E-state index in [9.17, 15) is 8.42 Å². The van der Waals surface area contributed by atoms with Crippen molar-refractivity contribution in [1.29, 1.82) is 0 Å². The fraction of sp³-hybridized carbons (Fsp3) is 0.350. The fourth-order valence-corrected chi connectivity index (χ4v) is 5.63. The van der Waals surface area contributed by atoms with Gasteiger partial charge in [0.25, 0.3) is 0 Å². The van der Waals surface area contributed by atoms with Gasteiger partial charge in [0.2, 0.25) is 10.0 Å². The summed E-state index contributed by atoms with van der Waals surface area (Å²) in [7, 11) is -0.588. The number of methoxy groups -OCH3 is 2. The van der Waals surface area contributed by atoms with Gasteiger partial charge < -0.3 is 13.9 Å². The van der Waals surface area contributed by atoms with Gasteiger partial charge in [0, 0.05) is 37.6 Å². The molecule has 8 nitrogen and oxygen atoms in total. The molecule has 0 spiro atoms. The van der Waals surface area contributed by atoms with Gasteiger partial charge in [0.15, 0.2) is 17.3 Å². The monoisotopic (exact) mass is 449 g/mol. The molecule has 0 bridgehead atoms. The first-order valence-electron chi connectivity index (χ1n) is 9.44. The lowest BCUT2D eigenvalue weighted by Crippen LogP contribution is -2.48. The van der Waals surface area contributed by atoms with E-state index in [1.165, 1.54) is 24.6 Å². The third kappa shape index (κ3) is 4.22. The van der Waals surface area contributed by atoms with Crippen LogP contribution >= 0.6 is 11.3 Å². The molecule has 1 aliphatic rings. The average Bonchev–Trinajstić information content (AvgIpc) is 3.45. The van der Waals surface area contributed by atoms with Crippen molar-refractivity contribution in [3.05, 3.63) is 47.0 Å². The van der Waals surface area contributed by atoms with Gasteiger partial charge in [-0.05, 0) is 24.3 Å². The van der Waals surface area contributed by atoms with Crippen LogP contribution in [0, 0.1) is 0 Å². The molecule has 0 atom stereocenters. The number of nitrogens with zero attached hydrogens (tertiary/aromatic N) is 3. The number of sulfonamides is 1. The summed E-state index contributed by atoms with van der Waals surface area (Å²) in [4.78, 5) is 7.04. The normalized spacial score (nSPS) is 15.9. The Kier molecular flexibility index (Phi) is 6.09. The minimum Gasteiger partial charge on any atom is -0.493 e. The number of aromatic nitrogens is 1. The Morgan fingerprint density at radius 3 is 2.53 bits per heavy atom. The highest BCUT2D eigenvalue weighted by Crippen LogP contribution is 2.31. The highest BCUT2D eigenvalue weighted by Gasteiger charge is 2.29. The van der Waals surface area contributed by atoms with Crippen molar-refractivity contribution in [2.24, 2.45) is 0 Å². The molecule has 0 aliphatic carbocycles. The van der Waals surface area contributed by atoms with Gasteiger partial charge in [-0.3, -0.25) is 4.90 Å². The number of benzene rings is 1. The SMILES string of the molecule is COc1ccc(S(=O)(=O)N2CCN(Cc3nc(-c4ccco4)cs3)CC2)cc1OC. The Morgan fingerprint density at radius 1 is 1.10 bits per heavy atom. The molecule has 4 rings (SSSR count). The molecule has 0 saturated carbocycles. The van der Waals surface area contributed by atoms with E-state index in [1.807, 2.05) is 17.5 Å². The molecule has 0 N–H and O–H groups in total. The van der Waals surface area contributed by atoms with Gasteiger partial charge in [-0.15, -0.1) is 11.3 Å². The van der Waals surface area contributed by atoms with Crippen LogP contribution in [0.5, 0.6) is 11.5 Å². The number of ether oxygens (including phenoxy) is 2. The van der Waals surface area contributed by atoms with Crippen LogP contribution in [0.1, 0.15) is 5.01 Å². The van der Waals surface area contributed by atoms with E-state index in [0.29, 0.717) is 44.2 Å². The highest BCUT2D eigenvalue weighted by molar-refractivity contribution is 7.89. The lowest BCUT2D eigenvalue weighted by molar-refractivity contribution is 0.181. The second-order valence-electron chi connectivity index (χ2n) is 6.80. The van der Waals surface area contributed by atoms with Crippen LogP contribution in [0.3, 0.4) is 0 Å². The summed E-state index contributed by atoms with van der Waals surface area (Å²) in [5.41, 5.74) is 0.828. The molecule has 10 heteroatoms. The van der Waals surface area contributed by atoms with Crippen LogP contribution in [0.4, 0.5) is 0 Å². The van der Waals surface area contributed by atoms with E-state index in [-0.39, 0.29) is 4.90 Å². The smallest absolute Gasteiger partial charge is 0.243 e. The summed E-state index contributed by atoms with van der Waals surface area (Å²) < 4.78 is 43.4. The topological polar surface area (TPSA) is 85.1 Å². The molecule has 30 heavy (non-hydrogen) atoms. The number of thiazole rings is 1.